The van der Waals surface area contributed by atoms with Gasteiger partial charge in [0.25, 0.3) is 0 Å². The Labute approximate surface area is 132 Å². The van der Waals surface area contributed by atoms with E-state index < -0.39 is 0 Å². The maximum absolute atomic E-state index is 13.4. The Kier molecular flexibility index (Phi) is 5.48. The number of carbonyl (C=O) groups is 1. The highest BCUT2D eigenvalue weighted by Gasteiger charge is 2.12. The number of nitrogens with zero attached hydrogens (tertiary/aromatic N) is 4. The number of halogens is 1. The molecule has 8 heteroatoms. The molecule has 2 rings (SSSR count). The SMILES string of the molecule is Cc1ccc(CNC(=O)CSc2nnnn2C(C)C)cc1F. The van der Waals surface area contributed by atoms with Gasteiger partial charge in [-0.3, -0.25) is 4.79 Å². The third-order valence-electron chi connectivity index (χ3n) is 3.01. The molecule has 1 amide bonds. The first-order valence-corrected chi connectivity index (χ1v) is 7.88. The summed E-state index contributed by atoms with van der Waals surface area (Å²) in [6.07, 6.45) is 0. The predicted molar refractivity (Wildman–Crippen MR) is 81.9 cm³/mol. The summed E-state index contributed by atoms with van der Waals surface area (Å²) in [4.78, 5) is 11.8. The second-order valence-electron chi connectivity index (χ2n) is 5.15. The molecule has 0 spiro atoms. The van der Waals surface area contributed by atoms with Gasteiger partial charge in [0.1, 0.15) is 5.82 Å². The molecule has 0 saturated carbocycles. The van der Waals surface area contributed by atoms with Crippen molar-refractivity contribution in [2.75, 3.05) is 5.75 Å². The Hall–Kier alpha value is -1.96. The fourth-order valence-electron chi connectivity index (χ4n) is 1.73. The van der Waals surface area contributed by atoms with Crippen LogP contribution in [-0.2, 0) is 11.3 Å². The highest BCUT2D eigenvalue weighted by Crippen LogP contribution is 2.17. The Morgan fingerprint density at radius 3 is 2.91 bits per heavy atom. The molecule has 6 nitrogen and oxygen atoms in total. The zero-order valence-corrected chi connectivity index (χ0v) is 13.5. The van der Waals surface area contributed by atoms with E-state index in [9.17, 15) is 9.18 Å². The standard InChI is InChI=1S/C14H18FN5OS/c1-9(2)20-14(17-18-19-20)22-8-13(21)16-7-11-5-4-10(3)12(15)6-11/h4-6,9H,7-8H2,1-3H3,(H,16,21). The van der Waals surface area contributed by atoms with E-state index in [1.807, 2.05) is 13.8 Å². The normalized spacial score (nSPS) is 11.0. The van der Waals surface area contributed by atoms with Crippen molar-refractivity contribution in [3.8, 4) is 0 Å². The lowest BCUT2D eigenvalue weighted by molar-refractivity contribution is -0.118. The molecule has 0 aliphatic rings. The van der Waals surface area contributed by atoms with E-state index in [-0.39, 0.29) is 23.5 Å². The molecule has 0 saturated heterocycles. The minimum absolute atomic E-state index is 0.135. The maximum atomic E-state index is 13.4. The first-order chi connectivity index (χ1) is 10.5. The highest BCUT2D eigenvalue weighted by molar-refractivity contribution is 7.99. The van der Waals surface area contributed by atoms with Crippen LogP contribution in [-0.4, -0.2) is 31.9 Å². The van der Waals surface area contributed by atoms with E-state index in [0.717, 1.165) is 5.56 Å². The summed E-state index contributed by atoms with van der Waals surface area (Å²) >= 11 is 1.27. The Balaban J connectivity index is 1.83. The van der Waals surface area contributed by atoms with E-state index >= 15 is 0 Å². The molecule has 118 valence electrons. The topological polar surface area (TPSA) is 72.7 Å². The van der Waals surface area contributed by atoms with Crippen molar-refractivity contribution in [1.29, 1.82) is 0 Å². The quantitative estimate of drug-likeness (QED) is 0.824. The monoisotopic (exact) mass is 323 g/mol. The van der Waals surface area contributed by atoms with E-state index in [1.54, 1.807) is 23.7 Å². The molecule has 2 aromatic rings. The molecule has 0 aliphatic carbocycles. The molecule has 1 N–H and O–H groups in total. The van der Waals surface area contributed by atoms with Gasteiger partial charge in [-0.05, 0) is 48.4 Å². The fraction of sp³-hybridized carbons (Fsp3) is 0.429. The largest absolute Gasteiger partial charge is 0.351 e. The van der Waals surface area contributed by atoms with Crippen LogP contribution >= 0.6 is 11.8 Å². The second kappa shape index (κ2) is 7.35. The number of benzene rings is 1. The van der Waals surface area contributed by atoms with Crippen LogP contribution in [0, 0.1) is 12.7 Å². The zero-order valence-electron chi connectivity index (χ0n) is 12.7. The van der Waals surface area contributed by atoms with Crippen molar-refractivity contribution in [3.05, 3.63) is 35.1 Å². The van der Waals surface area contributed by atoms with E-state index in [4.69, 9.17) is 0 Å². The lowest BCUT2D eigenvalue weighted by atomic mass is 10.1. The number of rotatable bonds is 6. The molecule has 0 bridgehead atoms. The predicted octanol–water partition coefficient (Wildman–Crippen LogP) is 2.11. The molecule has 0 atom stereocenters. The Morgan fingerprint density at radius 2 is 2.23 bits per heavy atom. The van der Waals surface area contributed by atoms with Gasteiger partial charge in [0.05, 0.1) is 11.8 Å². The van der Waals surface area contributed by atoms with Crippen LogP contribution in [0.1, 0.15) is 31.0 Å². The minimum atomic E-state index is -0.266. The number of nitrogens with one attached hydrogen (secondary N) is 1. The zero-order chi connectivity index (χ0) is 16.1. The molecular formula is C14H18FN5OS. The van der Waals surface area contributed by atoms with Gasteiger partial charge in [-0.2, -0.15) is 0 Å². The van der Waals surface area contributed by atoms with Gasteiger partial charge in [0.2, 0.25) is 11.1 Å². The Morgan fingerprint density at radius 1 is 1.45 bits per heavy atom. The summed E-state index contributed by atoms with van der Waals surface area (Å²) in [7, 11) is 0. The number of tetrazole rings is 1. The number of hydrogen-bond acceptors (Lipinski definition) is 5. The van der Waals surface area contributed by atoms with Crippen LogP contribution < -0.4 is 5.32 Å². The summed E-state index contributed by atoms with van der Waals surface area (Å²) in [6.45, 7) is 5.93. The molecule has 0 unspecified atom stereocenters. The van der Waals surface area contributed by atoms with Crippen LogP contribution in [0.4, 0.5) is 4.39 Å². The number of hydrogen-bond donors (Lipinski definition) is 1. The number of amides is 1. The minimum Gasteiger partial charge on any atom is -0.351 e. The van der Waals surface area contributed by atoms with Crippen molar-refractivity contribution < 1.29 is 9.18 Å². The molecule has 1 aromatic carbocycles. The Bertz CT molecular complexity index is 658. The van der Waals surface area contributed by atoms with E-state index in [2.05, 4.69) is 20.8 Å². The molecule has 22 heavy (non-hydrogen) atoms. The van der Waals surface area contributed by atoms with Crippen LogP contribution in [0.25, 0.3) is 0 Å². The second-order valence-corrected chi connectivity index (χ2v) is 6.09. The lowest BCUT2D eigenvalue weighted by Crippen LogP contribution is -2.24. The van der Waals surface area contributed by atoms with E-state index in [1.165, 1.54) is 17.8 Å². The van der Waals surface area contributed by atoms with Crippen LogP contribution in [0.2, 0.25) is 0 Å². The van der Waals surface area contributed by atoms with Gasteiger partial charge in [0, 0.05) is 6.54 Å². The average Bonchev–Trinajstić information content (AvgIpc) is 2.95. The van der Waals surface area contributed by atoms with Crippen molar-refractivity contribution in [2.24, 2.45) is 0 Å². The van der Waals surface area contributed by atoms with Gasteiger partial charge >= 0.3 is 0 Å². The molecular weight excluding hydrogens is 305 g/mol. The van der Waals surface area contributed by atoms with Crippen molar-refractivity contribution in [3.63, 3.8) is 0 Å². The van der Waals surface area contributed by atoms with Gasteiger partial charge in [-0.15, -0.1) is 5.10 Å². The first kappa shape index (κ1) is 16.4. The summed E-state index contributed by atoms with van der Waals surface area (Å²) in [5.74, 6) is -0.205. The average molecular weight is 323 g/mol. The number of aromatic nitrogens is 4. The molecule has 0 fully saturated rings. The smallest absolute Gasteiger partial charge is 0.230 e. The van der Waals surface area contributed by atoms with E-state index in [0.29, 0.717) is 17.3 Å². The third kappa shape index (κ3) is 4.27. The van der Waals surface area contributed by atoms with Gasteiger partial charge in [0.15, 0.2) is 0 Å². The molecule has 1 heterocycles. The lowest BCUT2D eigenvalue weighted by Gasteiger charge is -2.08. The summed E-state index contributed by atoms with van der Waals surface area (Å²) in [5, 5.41) is 14.7. The fourth-order valence-corrected chi connectivity index (χ4v) is 2.57. The summed E-state index contributed by atoms with van der Waals surface area (Å²) in [6, 6.07) is 5.06. The van der Waals surface area contributed by atoms with Gasteiger partial charge in [-0.25, -0.2) is 9.07 Å². The highest BCUT2D eigenvalue weighted by atomic mass is 32.2. The van der Waals surface area contributed by atoms with Crippen molar-refractivity contribution in [2.45, 2.75) is 38.5 Å². The molecule has 1 aromatic heterocycles. The number of aryl methyl sites for hydroxylation is 1. The van der Waals surface area contributed by atoms with Crippen molar-refractivity contribution >= 4 is 17.7 Å². The van der Waals surface area contributed by atoms with Crippen molar-refractivity contribution in [1.82, 2.24) is 25.5 Å². The van der Waals surface area contributed by atoms with Crippen LogP contribution in [0.5, 0.6) is 0 Å². The maximum Gasteiger partial charge on any atom is 0.230 e. The van der Waals surface area contributed by atoms with Gasteiger partial charge in [-0.1, -0.05) is 23.9 Å². The first-order valence-electron chi connectivity index (χ1n) is 6.89. The summed E-state index contributed by atoms with van der Waals surface area (Å²) < 4.78 is 15.1. The number of carbonyl (C=O) groups excluding carboxylic acids is 1. The van der Waals surface area contributed by atoms with Gasteiger partial charge < -0.3 is 5.32 Å². The van der Waals surface area contributed by atoms with Crippen LogP contribution in [0.3, 0.4) is 0 Å². The van der Waals surface area contributed by atoms with Crippen LogP contribution in [0.15, 0.2) is 23.4 Å². The third-order valence-corrected chi connectivity index (χ3v) is 3.94. The molecule has 0 radical (unpaired) electrons. The number of thioether (sulfide) groups is 1. The molecule has 0 aliphatic heterocycles. The summed E-state index contributed by atoms with van der Waals surface area (Å²) in [5.41, 5.74) is 1.32.